The quantitative estimate of drug-likeness (QED) is 0.0523. The molecule has 0 unspecified atom stereocenters. The highest BCUT2D eigenvalue weighted by molar-refractivity contribution is 8.02. The maximum Gasteiger partial charge on any atom is 0.219 e. The number of nitrogens with zero attached hydrogens (tertiary/aromatic N) is 4. The van der Waals surface area contributed by atoms with Crippen LogP contribution >= 0.6 is 35.3 Å². The molecule has 44 heavy (non-hydrogen) atoms. The minimum Gasteiger partial charge on any atom is -0.507 e. The van der Waals surface area contributed by atoms with Crippen LogP contribution in [-0.2, 0) is 0 Å². The summed E-state index contributed by atoms with van der Waals surface area (Å²) in [7, 11) is 0. The molecule has 4 aromatic rings. The zero-order valence-electron chi connectivity index (χ0n) is 25.9. The average Bonchev–Trinajstić information content (AvgIpc) is 3.52. The molecule has 6 nitrogen and oxygen atoms in total. The number of aromatic nitrogens is 4. The smallest absolute Gasteiger partial charge is 0.219 e. The number of thioether (sulfide) groups is 1. The zero-order valence-corrected chi connectivity index (χ0v) is 28.3. The van der Waals surface area contributed by atoms with E-state index in [4.69, 9.17) is 0 Å². The van der Waals surface area contributed by atoms with E-state index in [-0.39, 0.29) is 11.5 Å². The molecule has 0 atom stereocenters. The lowest BCUT2D eigenvalue weighted by atomic mass is 10.0. The minimum absolute atomic E-state index is 0.109. The molecule has 9 heteroatoms. The Hall–Kier alpha value is -2.62. The van der Waals surface area contributed by atoms with Crippen molar-refractivity contribution in [1.29, 1.82) is 0 Å². The van der Waals surface area contributed by atoms with Crippen LogP contribution in [0.1, 0.15) is 96.8 Å². The van der Waals surface area contributed by atoms with Crippen LogP contribution in [0.5, 0.6) is 11.5 Å². The SMILES string of the molecule is CCCCCCCCCCCCCCCCSc1cc(O)c(Sc2nnnn2-c2ccccc2)c(Sc2ccccc2)c1O. The van der Waals surface area contributed by atoms with Gasteiger partial charge in [0.2, 0.25) is 5.16 Å². The maximum absolute atomic E-state index is 11.5. The second kappa shape index (κ2) is 19.7. The summed E-state index contributed by atoms with van der Waals surface area (Å²) in [5, 5.41) is 35.4. The van der Waals surface area contributed by atoms with Gasteiger partial charge in [-0.3, -0.25) is 0 Å². The lowest BCUT2D eigenvalue weighted by molar-refractivity contribution is 0.423. The summed E-state index contributed by atoms with van der Waals surface area (Å²) in [5.41, 5.74) is 0.821. The Morgan fingerprint density at radius 2 is 1.23 bits per heavy atom. The standard InChI is InChI=1S/C35H46N4O2S3/c1-2-3-4-5-6-7-8-9-10-11-12-13-14-21-26-42-31-27-30(40)33(34(32(31)41)43-29-24-19-16-20-25-29)44-35-36-37-38-39(35)28-22-17-15-18-23-28/h15-20,22-25,27,40-41H,2-14,21,26H2,1H3. The van der Waals surface area contributed by atoms with E-state index in [0.717, 1.165) is 22.8 Å². The lowest BCUT2D eigenvalue weighted by Crippen LogP contribution is -1.98. The zero-order chi connectivity index (χ0) is 30.8. The first-order valence-electron chi connectivity index (χ1n) is 16.1. The molecule has 2 N–H and O–H groups in total. The minimum atomic E-state index is 0.109. The summed E-state index contributed by atoms with van der Waals surface area (Å²) >= 11 is 4.29. The Morgan fingerprint density at radius 3 is 1.84 bits per heavy atom. The van der Waals surface area contributed by atoms with Crippen molar-refractivity contribution in [3.8, 4) is 17.2 Å². The lowest BCUT2D eigenvalue weighted by Gasteiger charge is -2.16. The third-order valence-electron chi connectivity index (χ3n) is 7.51. The molecule has 0 saturated carbocycles. The van der Waals surface area contributed by atoms with Gasteiger partial charge in [-0.25, -0.2) is 0 Å². The van der Waals surface area contributed by atoms with E-state index in [0.29, 0.717) is 19.8 Å². The first kappa shape index (κ1) is 34.3. The number of hydrogen-bond donors (Lipinski definition) is 2. The van der Waals surface area contributed by atoms with Gasteiger partial charge in [0.05, 0.1) is 20.4 Å². The molecule has 0 saturated heterocycles. The number of para-hydroxylation sites is 1. The molecule has 0 radical (unpaired) electrons. The van der Waals surface area contributed by atoms with Crippen molar-refractivity contribution in [1.82, 2.24) is 20.2 Å². The molecule has 3 aromatic carbocycles. The Kier molecular flexibility index (Phi) is 15.3. The van der Waals surface area contributed by atoms with Gasteiger partial charge in [0.15, 0.2) is 0 Å². The van der Waals surface area contributed by atoms with Gasteiger partial charge < -0.3 is 10.2 Å². The van der Waals surface area contributed by atoms with E-state index in [9.17, 15) is 10.2 Å². The van der Waals surface area contributed by atoms with Gasteiger partial charge in [-0.05, 0) is 64.7 Å². The fraction of sp³-hybridized carbons (Fsp3) is 0.457. The van der Waals surface area contributed by atoms with Gasteiger partial charge in [0, 0.05) is 4.90 Å². The molecule has 0 fully saturated rings. The summed E-state index contributed by atoms with van der Waals surface area (Å²) in [6.45, 7) is 2.28. The number of phenolic OH excluding ortho intramolecular Hbond substituents is 2. The second-order valence-electron chi connectivity index (χ2n) is 11.1. The predicted octanol–water partition coefficient (Wildman–Crippen LogP) is 10.9. The molecule has 0 spiro atoms. The van der Waals surface area contributed by atoms with Gasteiger partial charge in [-0.2, -0.15) is 4.68 Å². The van der Waals surface area contributed by atoms with Crippen LogP contribution in [0.15, 0.2) is 91.5 Å². The molecule has 0 bridgehead atoms. The van der Waals surface area contributed by atoms with Crippen LogP contribution in [0.2, 0.25) is 0 Å². The van der Waals surface area contributed by atoms with Gasteiger partial charge in [0.1, 0.15) is 11.5 Å². The van der Waals surface area contributed by atoms with Crippen LogP contribution in [0, 0.1) is 0 Å². The van der Waals surface area contributed by atoms with Crippen LogP contribution in [-0.4, -0.2) is 36.2 Å². The Morgan fingerprint density at radius 1 is 0.659 bits per heavy atom. The Bertz CT molecular complexity index is 1370. The Balaban J connectivity index is 1.29. The van der Waals surface area contributed by atoms with E-state index < -0.39 is 0 Å². The molecular weight excluding hydrogens is 605 g/mol. The monoisotopic (exact) mass is 650 g/mol. The summed E-state index contributed by atoms with van der Waals surface area (Å²) in [6, 6.07) is 21.2. The van der Waals surface area contributed by atoms with E-state index >= 15 is 0 Å². The van der Waals surface area contributed by atoms with Crippen LogP contribution in [0.4, 0.5) is 0 Å². The molecule has 0 aliphatic heterocycles. The summed E-state index contributed by atoms with van der Waals surface area (Å²) in [6.07, 6.45) is 18.7. The van der Waals surface area contributed by atoms with Crippen molar-refractivity contribution < 1.29 is 10.2 Å². The normalized spacial score (nSPS) is 11.3. The number of benzene rings is 3. The first-order chi connectivity index (χ1) is 21.7. The number of aromatic hydroxyl groups is 2. The molecule has 0 aliphatic carbocycles. The number of unbranched alkanes of at least 4 members (excludes halogenated alkanes) is 13. The van der Waals surface area contributed by atoms with Gasteiger partial charge in [-0.15, -0.1) is 16.9 Å². The average molecular weight is 651 g/mol. The fourth-order valence-electron chi connectivity index (χ4n) is 5.05. The molecule has 1 heterocycles. The molecule has 236 valence electrons. The van der Waals surface area contributed by atoms with E-state index in [2.05, 4.69) is 22.4 Å². The third-order valence-corrected chi connectivity index (χ3v) is 10.9. The topological polar surface area (TPSA) is 84.1 Å². The number of rotatable bonds is 21. The summed E-state index contributed by atoms with van der Waals surface area (Å²) in [5.74, 6) is 1.20. The first-order valence-corrected chi connectivity index (χ1v) is 18.8. The number of hydrogen-bond acceptors (Lipinski definition) is 8. The largest absolute Gasteiger partial charge is 0.507 e. The van der Waals surface area contributed by atoms with E-state index in [1.165, 1.54) is 107 Å². The molecular formula is C35H46N4O2S3. The molecule has 4 rings (SSSR count). The van der Waals surface area contributed by atoms with Gasteiger partial charge in [-0.1, -0.05) is 139 Å². The third kappa shape index (κ3) is 11.1. The molecule has 1 aromatic heterocycles. The second-order valence-corrected chi connectivity index (χ2v) is 14.3. The maximum atomic E-state index is 11.5. The number of phenols is 2. The van der Waals surface area contributed by atoms with E-state index in [1.807, 2.05) is 60.7 Å². The highest BCUT2D eigenvalue weighted by Gasteiger charge is 2.23. The van der Waals surface area contributed by atoms with Crippen molar-refractivity contribution in [2.24, 2.45) is 0 Å². The highest BCUT2D eigenvalue weighted by atomic mass is 32.2. The van der Waals surface area contributed by atoms with Crippen molar-refractivity contribution >= 4 is 35.3 Å². The van der Waals surface area contributed by atoms with Crippen molar-refractivity contribution in [3.63, 3.8) is 0 Å². The highest BCUT2D eigenvalue weighted by Crippen LogP contribution is 2.51. The fourth-order valence-corrected chi connectivity index (χ4v) is 8.14. The van der Waals surface area contributed by atoms with Crippen LogP contribution in [0.3, 0.4) is 0 Å². The van der Waals surface area contributed by atoms with E-state index in [1.54, 1.807) is 22.5 Å². The van der Waals surface area contributed by atoms with Gasteiger partial charge in [0.25, 0.3) is 0 Å². The van der Waals surface area contributed by atoms with Crippen molar-refractivity contribution in [3.05, 3.63) is 66.7 Å². The molecule has 0 amide bonds. The van der Waals surface area contributed by atoms with Crippen LogP contribution < -0.4 is 0 Å². The number of tetrazole rings is 1. The summed E-state index contributed by atoms with van der Waals surface area (Å²) < 4.78 is 1.64. The van der Waals surface area contributed by atoms with Gasteiger partial charge >= 0.3 is 0 Å². The predicted molar refractivity (Wildman–Crippen MR) is 185 cm³/mol. The molecule has 0 aliphatic rings. The van der Waals surface area contributed by atoms with Crippen molar-refractivity contribution in [2.75, 3.05) is 5.75 Å². The van der Waals surface area contributed by atoms with Crippen molar-refractivity contribution in [2.45, 2.75) is 122 Å². The van der Waals surface area contributed by atoms with Crippen LogP contribution in [0.25, 0.3) is 5.69 Å². The Labute approximate surface area is 275 Å². The summed E-state index contributed by atoms with van der Waals surface area (Å²) in [4.78, 5) is 2.81.